The van der Waals surface area contributed by atoms with Crippen molar-refractivity contribution in [1.82, 2.24) is 14.5 Å². The minimum atomic E-state index is 0.114. The molecule has 5 heteroatoms. The standard InChI is InChI=1S/C26H26N4O/c1-19-8-9-22-23(18-19)28(2)25(20-6-4-3-5-7-20)24(22)26(31)30-16-14-29(15-17-30)21-10-12-27-13-11-21/h3-13,18H,14-17H2,1-2H3. The van der Waals surface area contributed by atoms with Crippen molar-refractivity contribution in [3.05, 3.63) is 84.2 Å². The Morgan fingerprint density at radius 1 is 0.903 bits per heavy atom. The number of piperazine rings is 1. The topological polar surface area (TPSA) is 41.4 Å². The monoisotopic (exact) mass is 410 g/mol. The second-order valence-electron chi connectivity index (χ2n) is 8.15. The quantitative estimate of drug-likeness (QED) is 0.499. The van der Waals surface area contributed by atoms with E-state index in [-0.39, 0.29) is 5.91 Å². The first kappa shape index (κ1) is 19.4. The molecule has 0 saturated carbocycles. The van der Waals surface area contributed by atoms with E-state index in [0.717, 1.165) is 46.5 Å². The van der Waals surface area contributed by atoms with Crippen LogP contribution in [-0.2, 0) is 7.05 Å². The third-order valence-electron chi connectivity index (χ3n) is 6.21. The molecule has 2 aromatic carbocycles. The lowest BCUT2D eigenvalue weighted by Gasteiger charge is -2.36. The summed E-state index contributed by atoms with van der Waals surface area (Å²) in [5.74, 6) is 0.114. The minimum Gasteiger partial charge on any atom is -0.368 e. The zero-order valence-electron chi connectivity index (χ0n) is 18.0. The van der Waals surface area contributed by atoms with Gasteiger partial charge in [0.2, 0.25) is 0 Å². The molecular weight excluding hydrogens is 384 g/mol. The molecule has 0 spiro atoms. The highest BCUT2D eigenvalue weighted by Crippen LogP contribution is 2.34. The predicted molar refractivity (Wildman–Crippen MR) is 125 cm³/mol. The van der Waals surface area contributed by atoms with Gasteiger partial charge in [-0.1, -0.05) is 42.5 Å². The summed E-state index contributed by atoms with van der Waals surface area (Å²) in [6.07, 6.45) is 3.63. The number of benzene rings is 2. The van der Waals surface area contributed by atoms with Crippen molar-refractivity contribution in [1.29, 1.82) is 0 Å². The van der Waals surface area contributed by atoms with Gasteiger partial charge in [0, 0.05) is 62.2 Å². The van der Waals surface area contributed by atoms with Gasteiger partial charge in [0.1, 0.15) is 0 Å². The van der Waals surface area contributed by atoms with Gasteiger partial charge in [-0.15, -0.1) is 0 Å². The third kappa shape index (κ3) is 3.46. The first-order chi connectivity index (χ1) is 15.1. The lowest BCUT2D eigenvalue weighted by Crippen LogP contribution is -2.48. The molecule has 0 bridgehead atoms. The number of aryl methyl sites for hydroxylation is 2. The summed E-state index contributed by atoms with van der Waals surface area (Å²) in [6.45, 7) is 5.14. The molecule has 0 atom stereocenters. The zero-order valence-corrected chi connectivity index (χ0v) is 18.0. The predicted octanol–water partition coefficient (Wildman–Crippen LogP) is 4.51. The molecule has 1 aliphatic rings. The number of aromatic nitrogens is 2. The normalized spacial score (nSPS) is 14.3. The van der Waals surface area contributed by atoms with Gasteiger partial charge in [-0.25, -0.2) is 0 Å². The Morgan fingerprint density at radius 3 is 2.32 bits per heavy atom. The number of anilines is 1. The van der Waals surface area contributed by atoms with Crippen LogP contribution in [0.1, 0.15) is 15.9 Å². The number of rotatable bonds is 3. The van der Waals surface area contributed by atoms with E-state index < -0.39 is 0 Å². The van der Waals surface area contributed by atoms with Gasteiger partial charge in [0.15, 0.2) is 0 Å². The third-order valence-corrected chi connectivity index (χ3v) is 6.21. The molecule has 0 N–H and O–H groups in total. The van der Waals surface area contributed by atoms with Crippen LogP contribution in [0.25, 0.3) is 22.2 Å². The number of hydrogen-bond donors (Lipinski definition) is 0. The first-order valence-electron chi connectivity index (χ1n) is 10.7. The van der Waals surface area contributed by atoms with Gasteiger partial charge in [-0.3, -0.25) is 9.78 Å². The van der Waals surface area contributed by atoms with Crippen LogP contribution in [0.3, 0.4) is 0 Å². The zero-order chi connectivity index (χ0) is 21.4. The first-order valence-corrected chi connectivity index (χ1v) is 10.7. The molecule has 1 aliphatic heterocycles. The summed E-state index contributed by atoms with van der Waals surface area (Å²) in [5, 5.41) is 1.02. The van der Waals surface area contributed by atoms with Gasteiger partial charge in [0.05, 0.1) is 11.3 Å². The van der Waals surface area contributed by atoms with Crippen molar-refractivity contribution in [3.63, 3.8) is 0 Å². The fraction of sp³-hybridized carbons (Fsp3) is 0.231. The van der Waals surface area contributed by atoms with Crippen LogP contribution in [0.4, 0.5) is 5.69 Å². The maximum absolute atomic E-state index is 13.8. The van der Waals surface area contributed by atoms with E-state index >= 15 is 0 Å². The van der Waals surface area contributed by atoms with Crippen LogP contribution in [0.5, 0.6) is 0 Å². The van der Waals surface area contributed by atoms with Crippen molar-refractivity contribution in [3.8, 4) is 11.3 Å². The summed E-state index contributed by atoms with van der Waals surface area (Å²) < 4.78 is 2.16. The van der Waals surface area contributed by atoms with E-state index in [9.17, 15) is 4.79 Å². The molecule has 31 heavy (non-hydrogen) atoms. The fourth-order valence-electron chi connectivity index (χ4n) is 4.58. The van der Waals surface area contributed by atoms with Crippen LogP contribution in [0, 0.1) is 6.92 Å². The number of carbonyl (C=O) groups is 1. The van der Waals surface area contributed by atoms with Gasteiger partial charge in [-0.05, 0) is 36.2 Å². The van der Waals surface area contributed by atoms with Crippen molar-refractivity contribution < 1.29 is 4.79 Å². The van der Waals surface area contributed by atoms with Crippen LogP contribution >= 0.6 is 0 Å². The minimum absolute atomic E-state index is 0.114. The number of carbonyl (C=O) groups excluding carboxylic acids is 1. The molecule has 0 radical (unpaired) electrons. The SMILES string of the molecule is Cc1ccc2c(C(=O)N3CCN(c4ccncc4)CC3)c(-c3ccccc3)n(C)c2c1. The molecule has 0 unspecified atom stereocenters. The van der Waals surface area contributed by atoms with Crippen molar-refractivity contribution in [2.45, 2.75) is 6.92 Å². The summed E-state index contributed by atoms with van der Waals surface area (Å²) in [4.78, 5) is 22.3. The van der Waals surface area contributed by atoms with Gasteiger partial charge < -0.3 is 14.4 Å². The Balaban J connectivity index is 1.52. The highest BCUT2D eigenvalue weighted by Gasteiger charge is 2.28. The van der Waals surface area contributed by atoms with E-state index in [1.807, 2.05) is 47.6 Å². The van der Waals surface area contributed by atoms with E-state index in [1.54, 1.807) is 0 Å². The highest BCUT2D eigenvalue weighted by molar-refractivity contribution is 6.13. The Morgan fingerprint density at radius 2 is 1.61 bits per heavy atom. The lowest BCUT2D eigenvalue weighted by atomic mass is 10.0. The number of pyridine rings is 1. The van der Waals surface area contributed by atoms with E-state index in [1.165, 1.54) is 5.56 Å². The molecular formula is C26H26N4O. The van der Waals surface area contributed by atoms with Gasteiger partial charge in [-0.2, -0.15) is 0 Å². The van der Waals surface area contributed by atoms with E-state index in [4.69, 9.17) is 0 Å². The van der Waals surface area contributed by atoms with Crippen LogP contribution in [-0.4, -0.2) is 46.5 Å². The summed E-state index contributed by atoms with van der Waals surface area (Å²) in [5.41, 5.74) is 6.31. The average molecular weight is 411 g/mol. The van der Waals surface area contributed by atoms with Crippen molar-refractivity contribution in [2.24, 2.45) is 7.05 Å². The van der Waals surface area contributed by atoms with Gasteiger partial charge in [0.25, 0.3) is 5.91 Å². The fourth-order valence-corrected chi connectivity index (χ4v) is 4.58. The largest absolute Gasteiger partial charge is 0.368 e. The second-order valence-corrected chi connectivity index (χ2v) is 8.15. The van der Waals surface area contributed by atoms with Crippen molar-refractivity contribution in [2.75, 3.05) is 31.1 Å². The average Bonchev–Trinajstić information content (AvgIpc) is 3.11. The Hall–Kier alpha value is -3.60. The molecule has 2 aromatic heterocycles. The van der Waals surface area contributed by atoms with Crippen LogP contribution in [0.2, 0.25) is 0 Å². The molecule has 5 rings (SSSR count). The van der Waals surface area contributed by atoms with Crippen LogP contribution in [0.15, 0.2) is 73.1 Å². The van der Waals surface area contributed by atoms with Crippen LogP contribution < -0.4 is 4.90 Å². The molecule has 1 saturated heterocycles. The Kier molecular flexibility index (Phi) is 4.94. The molecule has 1 amide bonds. The molecule has 156 valence electrons. The second kappa shape index (κ2) is 7.91. The molecule has 0 aliphatic carbocycles. The Bertz CT molecular complexity index is 1220. The molecule has 1 fully saturated rings. The lowest BCUT2D eigenvalue weighted by molar-refractivity contribution is 0.0749. The van der Waals surface area contributed by atoms with E-state index in [0.29, 0.717) is 13.1 Å². The highest BCUT2D eigenvalue weighted by atomic mass is 16.2. The molecule has 4 aromatic rings. The molecule has 5 nitrogen and oxygen atoms in total. The molecule has 3 heterocycles. The van der Waals surface area contributed by atoms with Crippen molar-refractivity contribution >= 4 is 22.5 Å². The summed E-state index contributed by atoms with van der Waals surface area (Å²) in [7, 11) is 2.06. The maximum Gasteiger partial charge on any atom is 0.256 e. The number of amides is 1. The number of hydrogen-bond acceptors (Lipinski definition) is 3. The smallest absolute Gasteiger partial charge is 0.256 e. The maximum atomic E-state index is 13.8. The number of nitrogens with zero attached hydrogens (tertiary/aromatic N) is 4. The summed E-state index contributed by atoms with van der Waals surface area (Å²) >= 11 is 0. The van der Waals surface area contributed by atoms with Gasteiger partial charge >= 0.3 is 0 Å². The summed E-state index contributed by atoms with van der Waals surface area (Å²) in [6, 6.07) is 20.6. The Labute approximate surface area is 182 Å². The number of fused-ring (bicyclic) bond motifs is 1. The van der Waals surface area contributed by atoms with E-state index in [2.05, 4.69) is 58.8 Å².